The van der Waals surface area contributed by atoms with Gasteiger partial charge in [0, 0.05) is 11.0 Å². The van der Waals surface area contributed by atoms with E-state index in [2.05, 4.69) is 64.2 Å². The van der Waals surface area contributed by atoms with Gasteiger partial charge in [0.05, 0.1) is 6.04 Å². The fourth-order valence-corrected chi connectivity index (χ4v) is 3.78. The van der Waals surface area contributed by atoms with E-state index in [4.69, 9.17) is 0 Å². The van der Waals surface area contributed by atoms with E-state index in [-0.39, 0.29) is 6.04 Å². The molecule has 0 saturated carbocycles. The van der Waals surface area contributed by atoms with Crippen molar-refractivity contribution in [1.82, 2.24) is 4.90 Å². The minimum Gasteiger partial charge on any atom is -0.480 e. The molecule has 1 aliphatic rings. The van der Waals surface area contributed by atoms with Crippen molar-refractivity contribution in [3.8, 4) is 0 Å². The van der Waals surface area contributed by atoms with Gasteiger partial charge in [-0.25, -0.2) is 0 Å². The summed E-state index contributed by atoms with van der Waals surface area (Å²) in [4.78, 5) is 13.8. The van der Waals surface area contributed by atoms with Gasteiger partial charge < -0.3 is 5.11 Å². The van der Waals surface area contributed by atoms with Crippen molar-refractivity contribution < 1.29 is 9.90 Å². The Balaban J connectivity index is 2.06. The van der Waals surface area contributed by atoms with Gasteiger partial charge in [-0.15, -0.1) is 0 Å². The van der Waals surface area contributed by atoms with Crippen molar-refractivity contribution in [1.29, 1.82) is 0 Å². The average molecular weight is 374 g/mol. The van der Waals surface area contributed by atoms with Crippen LogP contribution in [0.1, 0.15) is 35.6 Å². The van der Waals surface area contributed by atoms with Crippen LogP contribution in [0.4, 0.5) is 0 Å². The van der Waals surface area contributed by atoms with Crippen molar-refractivity contribution in [3.63, 3.8) is 0 Å². The number of carboxylic acid groups (broad SMARTS) is 1. The lowest BCUT2D eigenvalue weighted by Crippen LogP contribution is -2.39. The third-order valence-electron chi connectivity index (χ3n) is 4.47. The molecule has 1 heterocycles. The first-order chi connectivity index (χ1) is 11.1. The number of carboxylic acids is 1. The summed E-state index contributed by atoms with van der Waals surface area (Å²) in [5, 5.41) is 9.57. The molecule has 3 nitrogen and oxygen atoms in total. The highest BCUT2D eigenvalue weighted by Gasteiger charge is 2.36. The van der Waals surface area contributed by atoms with Gasteiger partial charge in [0.1, 0.15) is 6.04 Å². The molecule has 2 atom stereocenters. The van der Waals surface area contributed by atoms with Crippen LogP contribution in [0.5, 0.6) is 0 Å². The lowest BCUT2D eigenvalue weighted by atomic mass is 9.95. The first-order valence-electron chi connectivity index (χ1n) is 7.87. The largest absolute Gasteiger partial charge is 0.480 e. The van der Waals surface area contributed by atoms with E-state index in [0.717, 1.165) is 28.6 Å². The standard InChI is InChI=1S/C19H20BrNO2/c1-13-7-9-14(10-8-13)18(15-4-2-5-16(20)12-15)21-11-3-6-17(21)19(22)23/h2,4-5,7-10,12,17-18H,3,6,11H2,1H3,(H,22,23). The molecule has 120 valence electrons. The van der Waals surface area contributed by atoms with Gasteiger partial charge in [-0.1, -0.05) is 57.9 Å². The molecule has 1 fully saturated rings. The monoisotopic (exact) mass is 373 g/mol. The number of carbonyl (C=O) groups is 1. The van der Waals surface area contributed by atoms with Crippen LogP contribution in [0.25, 0.3) is 0 Å². The summed E-state index contributed by atoms with van der Waals surface area (Å²) < 4.78 is 1.01. The van der Waals surface area contributed by atoms with Crippen LogP contribution < -0.4 is 0 Å². The lowest BCUT2D eigenvalue weighted by Gasteiger charge is -2.32. The molecule has 3 rings (SSSR count). The normalized spacial score (nSPS) is 19.7. The minimum absolute atomic E-state index is 0.0308. The third-order valence-corrected chi connectivity index (χ3v) is 4.96. The summed E-state index contributed by atoms with van der Waals surface area (Å²) >= 11 is 3.53. The minimum atomic E-state index is -0.727. The van der Waals surface area contributed by atoms with Gasteiger partial charge in [0.25, 0.3) is 0 Å². The molecular weight excluding hydrogens is 354 g/mol. The summed E-state index contributed by atoms with van der Waals surface area (Å²) in [5.74, 6) is -0.727. The summed E-state index contributed by atoms with van der Waals surface area (Å²) in [6.45, 7) is 2.87. The number of likely N-dealkylation sites (tertiary alicyclic amines) is 1. The molecule has 0 aromatic heterocycles. The quantitative estimate of drug-likeness (QED) is 0.863. The molecule has 1 aliphatic heterocycles. The number of rotatable bonds is 4. The fraction of sp³-hybridized carbons (Fsp3) is 0.316. The van der Waals surface area contributed by atoms with Crippen LogP contribution in [-0.4, -0.2) is 28.6 Å². The number of benzene rings is 2. The Hall–Kier alpha value is -1.65. The fourth-order valence-electron chi connectivity index (χ4n) is 3.36. The molecule has 0 amide bonds. The molecule has 23 heavy (non-hydrogen) atoms. The average Bonchev–Trinajstić information content (AvgIpc) is 2.99. The number of hydrogen-bond acceptors (Lipinski definition) is 2. The number of nitrogens with zero attached hydrogens (tertiary/aromatic N) is 1. The molecule has 0 aliphatic carbocycles. The maximum Gasteiger partial charge on any atom is 0.320 e. The van der Waals surface area contributed by atoms with E-state index < -0.39 is 12.0 Å². The van der Waals surface area contributed by atoms with E-state index in [9.17, 15) is 9.90 Å². The number of halogens is 1. The Bertz CT molecular complexity index is 699. The van der Waals surface area contributed by atoms with Crippen LogP contribution in [0.2, 0.25) is 0 Å². The lowest BCUT2D eigenvalue weighted by molar-refractivity contribution is -0.142. The van der Waals surface area contributed by atoms with Gasteiger partial charge in [0.15, 0.2) is 0 Å². The Kier molecular flexibility index (Phi) is 4.83. The molecule has 2 aromatic rings. The number of hydrogen-bond donors (Lipinski definition) is 1. The SMILES string of the molecule is Cc1ccc(C(c2cccc(Br)c2)N2CCCC2C(=O)O)cc1. The number of aliphatic carboxylic acids is 1. The van der Waals surface area contributed by atoms with E-state index in [0.29, 0.717) is 6.42 Å². The molecule has 0 radical (unpaired) electrons. The highest BCUT2D eigenvalue weighted by molar-refractivity contribution is 9.10. The van der Waals surface area contributed by atoms with E-state index in [1.54, 1.807) is 0 Å². The van der Waals surface area contributed by atoms with Crippen LogP contribution in [0.3, 0.4) is 0 Å². The maximum atomic E-state index is 11.6. The first-order valence-corrected chi connectivity index (χ1v) is 8.66. The van der Waals surface area contributed by atoms with E-state index in [1.165, 1.54) is 5.56 Å². The molecule has 1 saturated heterocycles. The van der Waals surface area contributed by atoms with Crippen molar-refractivity contribution in [3.05, 3.63) is 69.7 Å². The first kappa shape index (κ1) is 16.2. The summed E-state index contributed by atoms with van der Waals surface area (Å²) in [6, 6.07) is 16.1. The highest BCUT2D eigenvalue weighted by atomic mass is 79.9. The molecule has 1 N–H and O–H groups in total. The van der Waals surface area contributed by atoms with E-state index in [1.807, 2.05) is 12.1 Å². The third kappa shape index (κ3) is 3.48. The second-order valence-electron chi connectivity index (χ2n) is 6.10. The maximum absolute atomic E-state index is 11.6. The molecule has 2 aromatic carbocycles. The molecule has 4 heteroatoms. The smallest absolute Gasteiger partial charge is 0.320 e. The van der Waals surface area contributed by atoms with Crippen molar-refractivity contribution >= 4 is 21.9 Å². The second-order valence-corrected chi connectivity index (χ2v) is 7.02. The second kappa shape index (κ2) is 6.85. The van der Waals surface area contributed by atoms with Crippen LogP contribution in [0.15, 0.2) is 53.0 Å². The van der Waals surface area contributed by atoms with Crippen LogP contribution in [0, 0.1) is 6.92 Å². The van der Waals surface area contributed by atoms with Gasteiger partial charge in [-0.2, -0.15) is 0 Å². The van der Waals surface area contributed by atoms with Gasteiger partial charge in [0.2, 0.25) is 0 Å². The van der Waals surface area contributed by atoms with E-state index >= 15 is 0 Å². The van der Waals surface area contributed by atoms with Gasteiger partial charge in [-0.05, 0) is 43.0 Å². The Labute approximate surface area is 145 Å². The molecule has 2 unspecified atom stereocenters. The predicted octanol–water partition coefficient (Wildman–Crippen LogP) is 4.40. The summed E-state index contributed by atoms with van der Waals surface area (Å²) in [7, 11) is 0. The Morgan fingerprint density at radius 3 is 2.61 bits per heavy atom. The zero-order chi connectivity index (χ0) is 16.4. The zero-order valence-electron chi connectivity index (χ0n) is 13.1. The Morgan fingerprint density at radius 2 is 1.96 bits per heavy atom. The topological polar surface area (TPSA) is 40.5 Å². The van der Waals surface area contributed by atoms with Crippen LogP contribution in [-0.2, 0) is 4.79 Å². The summed E-state index contributed by atoms with van der Waals surface area (Å²) in [6.07, 6.45) is 1.64. The molecule has 0 spiro atoms. The van der Waals surface area contributed by atoms with Gasteiger partial charge in [-0.3, -0.25) is 9.69 Å². The summed E-state index contributed by atoms with van der Waals surface area (Å²) in [5.41, 5.74) is 3.47. The predicted molar refractivity (Wildman–Crippen MR) is 94.5 cm³/mol. The zero-order valence-corrected chi connectivity index (χ0v) is 14.7. The highest BCUT2D eigenvalue weighted by Crippen LogP contribution is 2.35. The van der Waals surface area contributed by atoms with Crippen molar-refractivity contribution in [2.75, 3.05) is 6.54 Å². The van der Waals surface area contributed by atoms with Crippen molar-refractivity contribution in [2.45, 2.75) is 31.8 Å². The number of aryl methyl sites for hydroxylation is 1. The van der Waals surface area contributed by atoms with Crippen molar-refractivity contribution in [2.24, 2.45) is 0 Å². The van der Waals surface area contributed by atoms with Gasteiger partial charge >= 0.3 is 5.97 Å². The Morgan fingerprint density at radius 1 is 1.22 bits per heavy atom. The van der Waals surface area contributed by atoms with Crippen LogP contribution >= 0.6 is 15.9 Å². The molecule has 0 bridgehead atoms. The molecular formula is C19H20BrNO2.